The van der Waals surface area contributed by atoms with E-state index in [-0.39, 0.29) is 0 Å². The van der Waals surface area contributed by atoms with E-state index < -0.39 is 0 Å². The third-order valence-corrected chi connectivity index (χ3v) is 4.83. The second-order valence-electron chi connectivity index (χ2n) is 4.60. The minimum absolute atomic E-state index is 0.459. The Morgan fingerprint density at radius 3 is 2.94 bits per heavy atom. The normalized spacial score (nSPS) is 22.1. The van der Waals surface area contributed by atoms with Crippen LogP contribution in [0.25, 0.3) is 0 Å². The van der Waals surface area contributed by atoms with Gasteiger partial charge in [-0.25, -0.2) is 0 Å². The smallest absolute Gasteiger partial charge is 0.113 e. The Kier molecular flexibility index (Phi) is 3.43. The van der Waals surface area contributed by atoms with E-state index in [0.717, 1.165) is 17.9 Å². The molecule has 0 fully saturated rings. The Labute approximate surface area is 112 Å². The van der Waals surface area contributed by atoms with Crippen LogP contribution in [0.1, 0.15) is 22.9 Å². The van der Waals surface area contributed by atoms with Gasteiger partial charge in [-0.15, -0.1) is 11.8 Å². The highest BCUT2D eigenvalue weighted by molar-refractivity contribution is 7.99. The number of rotatable bonds is 4. The molecule has 0 saturated carbocycles. The molecule has 0 aliphatic heterocycles. The summed E-state index contributed by atoms with van der Waals surface area (Å²) in [5.41, 5.74) is 2.94. The molecule has 2 aromatic rings. The van der Waals surface area contributed by atoms with Gasteiger partial charge in [0.05, 0.1) is 12.0 Å². The highest BCUT2D eigenvalue weighted by Gasteiger charge is 2.31. The van der Waals surface area contributed by atoms with Crippen LogP contribution in [-0.4, -0.2) is 12.3 Å². The fourth-order valence-corrected chi connectivity index (χ4v) is 3.95. The van der Waals surface area contributed by atoms with Gasteiger partial charge in [0.25, 0.3) is 0 Å². The molecule has 0 spiro atoms. The molecule has 94 valence electrons. The first-order valence-electron chi connectivity index (χ1n) is 6.27. The quantitative estimate of drug-likeness (QED) is 0.911. The first-order valence-corrected chi connectivity index (χ1v) is 7.32. The van der Waals surface area contributed by atoms with Gasteiger partial charge in [-0.3, -0.25) is 0 Å². The number of hydrogen-bond donors (Lipinski definition) is 1. The zero-order valence-corrected chi connectivity index (χ0v) is 11.2. The summed E-state index contributed by atoms with van der Waals surface area (Å²) in [6, 6.07) is 13.2. The van der Waals surface area contributed by atoms with Crippen molar-refractivity contribution in [2.24, 2.45) is 0 Å². The van der Waals surface area contributed by atoms with Crippen LogP contribution in [0, 0.1) is 0 Å². The lowest BCUT2D eigenvalue weighted by molar-refractivity contribution is 0.529. The van der Waals surface area contributed by atoms with Gasteiger partial charge in [-0.2, -0.15) is 0 Å². The average molecular weight is 259 g/mol. The molecule has 1 aromatic heterocycles. The largest absolute Gasteiger partial charge is 0.468 e. The molecule has 0 amide bonds. The number of furan rings is 1. The Hall–Kier alpha value is -1.19. The predicted molar refractivity (Wildman–Crippen MR) is 75.7 cm³/mol. The minimum atomic E-state index is 0.459. The molecule has 18 heavy (non-hydrogen) atoms. The topological polar surface area (TPSA) is 25.2 Å². The average Bonchev–Trinajstić information content (AvgIpc) is 3.03. The first kappa shape index (κ1) is 11.9. The predicted octanol–water partition coefficient (Wildman–Crippen LogP) is 3.40. The lowest BCUT2D eigenvalue weighted by Crippen LogP contribution is -2.23. The van der Waals surface area contributed by atoms with Gasteiger partial charge in [0.1, 0.15) is 5.76 Å². The van der Waals surface area contributed by atoms with Crippen LogP contribution in [0.15, 0.2) is 47.1 Å². The standard InChI is InChI=1S/C15H17NOS/c1-16-15-13-7-3-2-5-11(13)9-14(15)18-10-12-6-4-8-17-12/h2-8,14-16H,9-10H2,1H3. The monoisotopic (exact) mass is 259 g/mol. The molecule has 1 N–H and O–H groups in total. The number of nitrogens with one attached hydrogen (secondary N) is 1. The maximum Gasteiger partial charge on any atom is 0.113 e. The molecule has 2 atom stereocenters. The maximum atomic E-state index is 5.40. The molecule has 0 bridgehead atoms. The van der Waals surface area contributed by atoms with E-state index in [0.29, 0.717) is 11.3 Å². The van der Waals surface area contributed by atoms with Crippen LogP contribution in [-0.2, 0) is 12.2 Å². The molecule has 0 radical (unpaired) electrons. The highest BCUT2D eigenvalue weighted by atomic mass is 32.2. The van der Waals surface area contributed by atoms with E-state index in [2.05, 4.69) is 29.6 Å². The molecule has 3 rings (SSSR count). The highest BCUT2D eigenvalue weighted by Crippen LogP contribution is 2.39. The second-order valence-corrected chi connectivity index (χ2v) is 5.83. The summed E-state index contributed by atoms with van der Waals surface area (Å²) < 4.78 is 5.40. The van der Waals surface area contributed by atoms with E-state index in [1.54, 1.807) is 6.26 Å². The molecule has 2 unspecified atom stereocenters. The third-order valence-electron chi connectivity index (χ3n) is 3.51. The van der Waals surface area contributed by atoms with Crippen LogP contribution in [0.4, 0.5) is 0 Å². The Morgan fingerprint density at radius 2 is 2.17 bits per heavy atom. The third kappa shape index (κ3) is 2.20. The van der Waals surface area contributed by atoms with Gasteiger partial charge in [0.15, 0.2) is 0 Å². The van der Waals surface area contributed by atoms with Crippen LogP contribution >= 0.6 is 11.8 Å². The maximum absolute atomic E-state index is 5.40. The van der Waals surface area contributed by atoms with E-state index in [1.165, 1.54) is 11.1 Å². The van der Waals surface area contributed by atoms with Crippen molar-refractivity contribution in [1.29, 1.82) is 0 Å². The number of thioether (sulfide) groups is 1. The fourth-order valence-electron chi connectivity index (χ4n) is 2.64. The SMILES string of the molecule is CNC1c2ccccc2CC1SCc1ccco1. The molecule has 1 aromatic carbocycles. The van der Waals surface area contributed by atoms with Crippen molar-refractivity contribution in [2.75, 3.05) is 7.05 Å². The van der Waals surface area contributed by atoms with Crippen LogP contribution < -0.4 is 5.32 Å². The molecular weight excluding hydrogens is 242 g/mol. The fraction of sp³-hybridized carbons (Fsp3) is 0.333. The van der Waals surface area contributed by atoms with Gasteiger partial charge < -0.3 is 9.73 Å². The summed E-state index contributed by atoms with van der Waals surface area (Å²) in [5.74, 6) is 2.01. The van der Waals surface area contributed by atoms with E-state index in [4.69, 9.17) is 4.42 Å². The molecule has 3 heteroatoms. The van der Waals surface area contributed by atoms with E-state index >= 15 is 0 Å². The van der Waals surface area contributed by atoms with Crippen molar-refractivity contribution < 1.29 is 4.42 Å². The van der Waals surface area contributed by atoms with Crippen LogP contribution in [0.3, 0.4) is 0 Å². The van der Waals surface area contributed by atoms with E-state index in [9.17, 15) is 0 Å². The Morgan fingerprint density at radius 1 is 1.28 bits per heavy atom. The van der Waals surface area contributed by atoms with Crippen LogP contribution in [0.5, 0.6) is 0 Å². The Balaban J connectivity index is 1.71. The lowest BCUT2D eigenvalue weighted by atomic mass is 10.1. The number of hydrogen-bond acceptors (Lipinski definition) is 3. The molecule has 0 saturated heterocycles. The van der Waals surface area contributed by atoms with Crippen molar-refractivity contribution in [3.63, 3.8) is 0 Å². The van der Waals surface area contributed by atoms with Gasteiger partial charge >= 0.3 is 0 Å². The van der Waals surface area contributed by atoms with Crippen molar-refractivity contribution in [1.82, 2.24) is 5.32 Å². The molecule has 2 nitrogen and oxygen atoms in total. The summed E-state index contributed by atoms with van der Waals surface area (Å²) >= 11 is 1.97. The summed E-state index contributed by atoms with van der Waals surface area (Å²) in [7, 11) is 2.05. The summed E-state index contributed by atoms with van der Waals surface area (Å²) in [4.78, 5) is 0. The molecule has 1 aliphatic rings. The van der Waals surface area contributed by atoms with Gasteiger partial charge in [-0.05, 0) is 36.7 Å². The number of fused-ring (bicyclic) bond motifs is 1. The van der Waals surface area contributed by atoms with Gasteiger partial charge in [-0.1, -0.05) is 24.3 Å². The first-order chi connectivity index (χ1) is 8.88. The van der Waals surface area contributed by atoms with Crippen molar-refractivity contribution in [2.45, 2.75) is 23.5 Å². The molecule has 1 heterocycles. The summed E-state index contributed by atoms with van der Waals surface area (Å²) in [6.45, 7) is 0. The number of benzene rings is 1. The molecular formula is C15H17NOS. The van der Waals surface area contributed by atoms with Gasteiger partial charge in [0.2, 0.25) is 0 Å². The second kappa shape index (κ2) is 5.21. The van der Waals surface area contributed by atoms with Crippen molar-refractivity contribution in [3.8, 4) is 0 Å². The minimum Gasteiger partial charge on any atom is -0.468 e. The summed E-state index contributed by atoms with van der Waals surface area (Å²) in [6.07, 6.45) is 2.89. The lowest BCUT2D eigenvalue weighted by Gasteiger charge is -2.19. The van der Waals surface area contributed by atoms with Crippen molar-refractivity contribution in [3.05, 3.63) is 59.5 Å². The molecule has 1 aliphatic carbocycles. The van der Waals surface area contributed by atoms with Crippen molar-refractivity contribution >= 4 is 11.8 Å². The Bertz CT molecular complexity index is 509. The van der Waals surface area contributed by atoms with E-state index in [1.807, 2.05) is 30.9 Å². The van der Waals surface area contributed by atoms with Crippen LogP contribution in [0.2, 0.25) is 0 Å². The van der Waals surface area contributed by atoms with Gasteiger partial charge in [0, 0.05) is 11.3 Å². The zero-order chi connectivity index (χ0) is 12.4. The summed E-state index contributed by atoms with van der Waals surface area (Å²) in [5, 5.41) is 4.04. The zero-order valence-electron chi connectivity index (χ0n) is 10.4.